The molecule has 2 aromatic carbocycles. The Balaban J connectivity index is 1.96. The average molecular weight is 749 g/mol. The Morgan fingerprint density at radius 3 is 2.00 bits per heavy atom. The Kier molecular flexibility index (Phi) is 9.50. The first kappa shape index (κ1) is 33.2. The molecule has 1 fully saturated rings. The van der Waals surface area contributed by atoms with Gasteiger partial charge in [0, 0.05) is 14.5 Å². The maximum absolute atomic E-state index is 15.0. The number of benzene rings is 2. The van der Waals surface area contributed by atoms with Crippen LogP contribution in [0, 0.1) is 0 Å². The van der Waals surface area contributed by atoms with E-state index < -0.39 is 76.4 Å². The third kappa shape index (κ3) is 8.15. The first-order valence-corrected chi connectivity index (χ1v) is 13.1. The Bertz CT molecular complexity index is 1360. The number of carbonyl (C=O) groups is 2. The monoisotopic (exact) mass is 746 g/mol. The molecule has 2 aromatic rings. The number of rotatable bonds is 7. The number of amides is 2. The fraction of sp³-hybridized carbons (Fsp3) is 0.333. The van der Waals surface area contributed by atoms with E-state index in [1.807, 2.05) is 5.32 Å². The van der Waals surface area contributed by atoms with Crippen LogP contribution in [0.3, 0.4) is 0 Å². The van der Waals surface area contributed by atoms with Crippen molar-refractivity contribution in [3.63, 3.8) is 0 Å². The molecule has 0 radical (unpaired) electrons. The molecule has 2 amide bonds. The van der Waals surface area contributed by atoms with Crippen LogP contribution in [-0.2, 0) is 11.0 Å². The van der Waals surface area contributed by atoms with Crippen molar-refractivity contribution in [2.45, 2.75) is 42.8 Å². The van der Waals surface area contributed by atoms with Crippen LogP contribution in [0.25, 0.3) is 5.83 Å². The van der Waals surface area contributed by atoms with Crippen molar-refractivity contribution < 1.29 is 53.5 Å². The zero-order valence-electron chi connectivity index (χ0n) is 19.9. The molecular formula is C24H15Br2ClF10N2O2. The van der Waals surface area contributed by atoms with Gasteiger partial charge >= 0.3 is 18.5 Å². The van der Waals surface area contributed by atoms with Crippen LogP contribution in [-0.4, -0.2) is 36.3 Å². The van der Waals surface area contributed by atoms with Gasteiger partial charge in [0.05, 0.1) is 16.1 Å². The molecule has 224 valence electrons. The molecule has 4 nitrogen and oxygen atoms in total. The number of allylic oxidation sites excluding steroid dienone is 1. The summed E-state index contributed by atoms with van der Waals surface area (Å²) < 4.78 is 135. The molecule has 0 heterocycles. The molecule has 1 aliphatic carbocycles. The van der Waals surface area contributed by atoms with Crippen molar-refractivity contribution in [3.05, 3.63) is 72.6 Å². The number of halogens is 13. The molecule has 1 saturated carbocycles. The van der Waals surface area contributed by atoms with Crippen LogP contribution >= 0.6 is 43.5 Å². The minimum Gasteiger partial charge on any atom is -0.345 e. The van der Waals surface area contributed by atoms with Crippen molar-refractivity contribution in [2.24, 2.45) is 0 Å². The summed E-state index contributed by atoms with van der Waals surface area (Å²) in [6.45, 7) is -1.74. The van der Waals surface area contributed by atoms with Gasteiger partial charge in [-0.05, 0) is 80.6 Å². The molecule has 0 bridgehead atoms. The lowest BCUT2D eigenvalue weighted by molar-refractivity contribution is -0.140. The summed E-state index contributed by atoms with van der Waals surface area (Å²) in [6, 6.07) is 3.15. The molecule has 1 unspecified atom stereocenters. The molecular weight excluding hydrogens is 734 g/mol. The standard InChI is InChI=1S/C24H15Br2ClF10N2O2/c25-15-6-11(7-16(26)18(15)27)13(23(32,33)34)8-17(28)10-1-2-12(14(5-10)24(35,36)37)19(40)39-21(3-4-21)20(41)38-9-22(29,30)31/h1-2,5-8,13H,3-4,9H2,(H,38,41)(H,39,40)/b17-8-. The summed E-state index contributed by atoms with van der Waals surface area (Å²) in [7, 11) is 0. The molecule has 0 aliphatic heterocycles. The number of alkyl halides is 9. The van der Waals surface area contributed by atoms with Crippen LogP contribution in [0.4, 0.5) is 43.9 Å². The highest BCUT2D eigenvalue weighted by molar-refractivity contribution is 9.11. The minimum absolute atomic E-state index is 0.0219. The first-order chi connectivity index (χ1) is 18.6. The smallest absolute Gasteiger partial charge is 0.345 e. The molecule has 17 heteroatoms. The van der Waals surface area contributed by atoms with E-state index in [9.17, 15) is 49.1 Å². The zero-order chi connectivity index (χ0) is 31.1. The summed E-state index contributed by atoms with van der Waals surface area (Å²) >= 11 is 11.8. The summed E-state index contributed by atoms with van der Waals surface area (Å²) in [6.07, 6.45) is -15.4. The first-order valence-electron chi connectivity index (χ1n) is 11.1. The summed E-state index contributed by atoms with van der Waals surface area (Å²) in [5.74, 6) is -7.08. The second-order valence-corrected chi connectivity index (χ2v) is 11.0. The Labute approximate surface area is 246 Å². The second-order valence-electron chi connectivity index (χ2n) is 8.92. The Hall–Kier alpha value is -2.33. The van der Waals surface area contributed by atoms with Crippen LogP contribution in [0.15, 0.2) is 45.4 Å². The lowest BCUT2D eigenvalue weighted by Crippen LogP contribution is -2.51. The number of nitrogens with one attached hydrogen (secondary N) is 2. The highest BCUT2D eigenvalue weighted by atomic mass is 79.9. The highest BCUT2D eigenvalue weighted by Gasteiger charge is 2.52. The lowest BCUT2D eigenvalue weighted by Gasteiger charge is -2.20. The second kappa shape index (κ2) is 11.7. The molecule has 41 heavy (non-hydrogen) atoms. The van der Waals surface area contributed by atoms with Gasteiger partial charge in [0.15, 0.2) is 0 Å². The molecule has 1 aliphatic rings. The number of hydrogen-bond donors (Lipinski definition) is 2. The van der Waals surface area contributed by atoms with Gasteiger partial charge in [-0.15, -0.1) is 0 Å². The predicted molar refractivity (Wildman–Crippen MR) is 135 cm³/mol. The van der Waals surface area contributed by atoms with E-state index in [1.165, 1.54) is 0 Å². The maximum Gasteiger partial charge on any atom is 0.417 e. The zero-order valence-corrected chi connectivity index (χ0v) is 23.8. The SMILES string of the molecule is O=C(NC1(C(=O)NCC(F)(F)F)CC1)c1ccc(/C(F)=C/C(c2cc(Br)c(Cl)c(Br)c2)C(F)(F)F)cc1C(F)(F)F. The van der Waals surface area contributed by atoms with Gasteiger partial charge in [0.1, 0.15) is 23.8 Å². The van der Waals surface area contributed by atoms with Crippen LogP contribution < -0.4 is 10.6 Å². The van der Waals surface area contributed by atoms with E-state index in [0.29, 0.717) is 12.1 Å². The van der Waals surface area contributed by atoms with Gasteiger partial charge in [0.2, 0.25) is 5.91 Å². The summed E-state index contributed by atoms with van der Waals surface area (Å²) in [5, 5.41) is 3.54. The molecule has 0 aromatic heterocycles. The quantitative estimate of drug-likeness (QED) is 0.221. The third-order valence-electron chi connectivity index (χ3n) is 5.86. The van der Waals surface area contributed by atoms with Gasteiger partial charge in [-0.3, -0.25) is 9.59 Å². The van der Waals surface area contributed by atoms with Gasteiger partial charge < -0.3 is 10.6 Å². The summed E-state index contributed by atoms with van der Waals surface area (Å²) in [5.41, 5.74) is -6.19. The molecule has 2 N–H and O–H groups in total. The third-order valence-corrected chi connectivity index (χ3v) is 7.98. The average Bonchev–Trinajstić information content (AvgIpc) is 3.62. The van der Waals surface area contributed by atoms with Crippen LogP contribution in [0.1, 0.15) is 45.8 Å². The largest absolute Gasteiger partial charge is 0.417 e. The topological polar surface area (TPSA) is 58.2 Å². The molecule has 0 spiro atoms. The van der Waals surface area contributed by atoms with Crippen molar-refractivity contribution in [3.8, 4) is 0 Å². The van der Waals surface area contributed by atoms with E-state index in [4.69, 9.17) is 11.6 Å². The van der Waals surface area contributed by atoms with Gasteiger partial charge in [0.25, 0.3) is 5.91 Å². The minimum atomic E-state index is -5.31. The van der Waals surface area contributed by atoms with Crippen molar-refractivity contribution in [2.75, 3.05) is 6.54 Å². The number of hydrogen-bond acceptors (Lipinski definition) is 2. The summed E-state index contributed by atoms with van der Waals surface area (Å²) in [4.78, 5) is 24.8. The molecule has 1 atom stereocenters. The normalized spacial score (nSPS) is 16.3. The van der Waals surface area contributed by atoms with E-state index in [-0.39, 0.29) is 39.0 Å². The fourth-order valence-electron chi connectivity index (χ4n) is 3.67. The van der Waals surface area contributed by atoms with Crippen LogP contribution in [0.5, 0.6) is 0 Å². The predicted octanol–water partition coefficient (Wildman–Crippen LogP) is 8.48. The molecule has 3 rings (SSSR count). The van der Waals surface area contributed by atoms with Gasteiger partial charge in [-0.2, -0.15) is 39.5 Å². The fourth-order valence-corrected chi connectivity index (χ4v) is 5.00. The van der Waals surface area contributed by atoms with E-state index in [0.717, 1.165) is 12.1 Å². The van der Waals surface area contributed by atoms with E-state index in [1.54, 1.807) is 5.32 Å². The van der Waals surface area contributed by atoms with Crippen molar-refractivity contribution in [1.82, 2.24) is 10.6 Å². The highest BCUT2D eigenvalue weighted by Crippen LogP contribution is 2.43. The Morgan fingerprint density at radius 1 is 0.976 bits per heavy atom. The van der Waals surface area contributed by atoms with E-state index >= 15 is 4.39 Å². The number of carbonyl (C=O) groups excluding carboxylic acids is 2. The molecule has 0 saturated heterocycles. The lowest BCUT2D eigenvalue weighted by atomic mass is 9.95. The van der Waals surface area contributed by atoms with E-state index in [2.05, 4.69) is 31.9 Å². The van der Waals surface area contributed by atoms with Crippen LogP contribution in [0.2, 0.25) is 5.02 Å². The van der Waals surface area contributed by atoms with Crippen molar-refractivity contribution in [1.29, 1.82) is 0 Å². The van der Waals surface area contributed by atoms with Gasteiger partial charge in [-0.1, -0.05) is 17.7 Å². The maximum atomic E-state index is 15.0. The van der Waals surface area contributed by atoms with Crippen molar-refractivity contribution >= 4 is 61.1 Å². The Morgan fingerprint density at radius 2 is 1.54 bits per heavy atom. The van der Waals surface area contributed by atoms with Gasteiger partial charge in [-0.25, -0.2) is 4.39 Å².